The van der Waals surface area contributed by atoms with Crippen molar-refractivity contribution in [3.8, 4) is 0 Å². The molecule has 1 aromatic heterocycles. The first kappa shape index (κ1) is 24.3. The average Bonchev–Trinajstić information content (AvgIpc) is 2.82. The Morgan fingerprint density at radius 1 is 1.19 bits per heavy atom. The van der Waals surface area contributed by atoms with Crippen molar-refractivity contribution < 1.29 is 23.2 Å². The Morgan fingerprint density at radius 2 is 1.88 bits per heavy atom. The topological polar surface area (TPSA) is 100 Å². The number of nitrogens with zero attached hydrogens (tertiary/aromatic N) is 3. The number of hydrogen-bond acceptors (Lipinski definition) is 6. The van der Waals surface area contributed by atoms with Crippen LogP contribution >= 0.6 is 0 Å². The third-order valence-electron chi connectivity index (χ3n) is 5.79. The van der Waals surface area contributed by atoms with Gasteiger partial charge in [0.2, 0.25) is 16.4 Å². The summed E-state index contributed by atoms with van der Waals surface area (Å²) in [5.74, 6) is 0.0696. The van der Waals surface area contributed by atoms with E-state index in [0.29, 0.717) is 49.1 Å². The Kier molecular flexibility index (Phi) is 8.36. The third-order valence-corrected chi connectivity index (χ3v) is 7.68. The monoisotopic (exact) mass is 461 g/mol. The minimum absolute atomic E-state index is 0.00957. The minimum Gasteiger partial charge on any atom is -0.373 e. The number of piperidine rings is 1. The van der Waals surface area contributed by atoms with Crippen molar-refractivity contribution in [2.75, 3.05) is 18.8 Å². The second kappa shape index (κ2) is 11.0. The molecule has 32 heavy (non-hydrogen) atoms. The molecule has 1 amide bonds. The molecule has 3 rings (SSSR count). The number of aromatic nitrogens is 1. The second-order valence-corrected chi connectivity index (χ2v) is 10.4. The molecule has 8 nitrogen and oxygen atoms in total. The highest BCUT2D eigenvalue weighted by Crippen LogP contribution is 2.24. The van der Waals surface area contributed by atoms with E-state index in [9.17, 15) is 18.4 Å². The summed E-state index contributed by atoms with van der Waals surface area (Å²) in [6.07, 6.45) is 4.38. The van der Waals surface area contributed by atoms with Crippen molar-refractivity contribution in [1.82, 2.24) is 14.4 Å². The lowest BCUT2D eigenvalue weighted by Gasteiger charge is -2.33. The molecule has 1 N–H and O–H groups in total. The van der Waals surface area contributed by atoms with Crippen LogP contribution in [0.3, 0.4) is 0 Å². The van der Waals surface area contributed by atoms with Crippen LogP contribution in [0.4, 0.5) is 0 Å². The number of pyridine rings is 1. The molecule has 0 spiro atoms. The van der Waals surface area contributed by atoms with E-state index in [-0.39, 0.29) is 12.5 Å². The van der Waals surface area contributed by atoms with E-state index in [2.05, 4.69) is 43.1 Å². The molecule has 0 bridgehead atoms. The summed E-state index contributed by atoms with van der Waals surface area (Å²) in [5.41, 5.74) is 2.83. The standard InChI is InChI=1S/C23H31N3O5S/c1-18(2)20-7-5-19(6-8-20)15-31-22-9-12-25(13-10-22)32(29,30)16-23(26(28)17-27)21-4-3-11-24-14-21/h3-8,11,14,17-18,22-23,28H,9-10,12-13,15-16H2,1-2H3/t23-/m0/s1. The molecule has 1 aromatic carbocycles. The zero-order chi connectivity index (χ0) is 23.1. The third kappa shape index (κ3) is 6.35. The van der Waals surface area contributed by atoms with Crippen LogP contribution in [-0.4, -0.2) is 59.3 Å². The maximum atomic E-state index is 13.0. The Morgan fingerprint density at radius 3 is 2.44 bits per heavy atom. The van der Waals surface area contributed by atoms with Crippen LogP contribution in [0, 0.1) is 0 Å². The first-order valence-electron chi connectivity index (χ1n) is 10.8. The fraction of sp³-hybridized carbons (Fsp3) is 0.478. The molecule has 0 aliphatic carbocycles. The zero-order valence-corrected chi connectivity index (χ0v) is 19.3. The second-order valence-electron chi connectivity index (χ2n) is 8.37. The molecule has 1 aliphatic rings. The molecule has 0 unspecified atom stereocenters. The summed E-state index contributed by atoms with van der Waals surface area (Å²) in [6, 6.07) is 10.6. The number of ether oxygens (including phenoxy) is 1. The summed E-state index contributed by atoms with van der Waals surface area (Å²) >= 11 is 0. The highest BCUT2D eigenvalue weighted by Gasteiger charge is 2.33. The molecule has 9 heteroatoms. The fourth-order valence-corrected chi connectivity index (χ4v) is 5.49. The van der Waals surface area contributed by atoms with E-state index in [1.807, 2.05) is 0 Å². The summed E-state index contributed by atoms with van der Waals surface area (Å²) in [6.45, 7) is 5.49. The van der Waals surface area contributed by atoms with E-state index in [1.165, 1.54) is 16.1 Å². The minimum atomic E-state index is -3.70. The van der Waals surface area contributed by atoms with E-state index in [0.717, 1.165) is 5.56 Å². The van der Waals surface area contributed by atoms with Gasteiger partial charge in [0.15, 0.2) is 0 Å². The van der Waals surface area contributed by atoms with Crippen LogP contribution in [-0.2, 0) is 26.2 Å². The Balaban J connectivity index is 1.54. The molecular weight excluding hydrogens is 430 g/mol. The fourth-order valence-electron chi connectivity index (χ4n) is 3.77. The van der Waals surface area contributed by atoms with Crippen molar-refractivity contribution in [1.29, 1.82) is 0 Å². The Labute approximate surface area is 189 Å². The maximum Gasteiger partial charge on any atom is 0.233 e. The number of benzene rings is 1. The van der Waals surface area contributed by atoms with Gasteiger partial charge in [-0.1, -0.05) is 44.2 Å². The van der Waals surface area contributed by atoms with Crippen molar-refractivity contribution in [3.63, 3.8) is 0 Å². The molecule has 1 aliphatic heterocycles. The number of rotatable bonds is 10. The van der Waals surface area contributed by atoms with Gasteiger partial charge in [-0.15, -0.1) is 0 Å². The number of carbonyl (C=O) groups excluding carboxylic acids is 1. The van der Waals surface area contributed by atoms with Crippen LogP contribution in [0.2, 0.25) is 0 Å². The lowest BCUT2D eigenvalue weighted by atomic mass is 10.0. The van der Waals surface area contributed by atoms with Gasteiger partial charge in [0, 0.05) is 25.5 Å². The van der Waals surface area contributed by atoms with Gasteiger partial charge in [-0.05, 0) is 41.5 Å². The predicted molar refractivity (Wildman–Crippen MR) is 120 cm³/mol. The molecule has 0 radical (unpaired) electrons. The van der Waals surface area contributed by atoms with Crippen molar-refractivity contribution in [2.24, 2.45) is 0 Å². The zero-order valence-electron chi connectivity index (χ0n) is 18.5. The smallest absolute Gasteiger partial charge is 0.233 e. The molecular formula is C23H31N3O5S. The molecule has 1 fully saturated rings. The summed E-state index contributed by atoms with van der Waals surface area (Å²) < 4.78 is 33.4. The highest BCUT2D eigenvalue weighted by molar-refractivity contribution is 7.89. The molecule has 174 valence electrons. The molecule has 2 heterocycles. The molecule has 1 atom stereocenters. The first-order chi connectivity index (χ1) is 15.3. The Hall–Kier alpha value is -2.33. The molecule has 0 saturated carbocycles. The maximum absolute atomic E-state index is 13.0. The Bertz CT molecular complexity index is 959. The van der Waals surface area contributed by atoms with Crippen LogP contribution in [0.25, 0.3) is 0 Å². The number of hydrogen-bond donors (Lipinski definition) is 1. The van der Waals surface area contributed by atoms with Gasteiger partial charge in [0.1, 0.15) is 6.04 Å². The van der Waals surface area contributed by atoms with Crippen molar-refractivity contribution in [2.45, 2.75) is 51.4 Å². The normalized spacial score (nSPS) is 16.8. The molecule has 1 saturated heterocycles. The van der Waals surface area contributed by atoms with Crippen LogP contribution in [0.15, 0.2) is 48.8 Å². The van der Waals surface area contributed by atoms with Crippen molar-refractivity contribution in [3.05, 3.63) is 65.5 Å². The number of sulfonamides is 1. The van der Waals surface area contributed by atoms with Gasteiger partial charge >= 0.3 is 0 Å². The van der Waals surface area contributed by atoms with Gasteiger partial charge in [0.25, 0.3) is 0 Å². The van der Waals surface area contributed by atoms with Gasteiger partial charge in [-0.25, -0.2) is 17.8 Å². The lowest BCUT2D eigenvalue weighted by molar-refractivity contribution is -0.159. The van der Waals surface area contributed by atoms with Crippen LogP contribution in [0.1, 0.15) is 55.3 Å². The summed E-state index contributed by atoms with van der Waals surface area (Å²) in [7, 11) is -3.70. The lowest BCUT2D eigenvalue weighted by Crippen LogP contribution is -2.44. The SMILES string of the molecule is CC(C)c1ccc(COC2CCN(S(=O)(=O)C[C@@H](c3cccnc3)N(O)C=O)CC2)cc1. The molecule has 2 aromatic rings. The number of carbonyl (C=O) groups is 1. The number of amides is 1. The largest absolute Gasteiger partial charge is 0.373 e. The predicted octanol–water partition coefficient (Wildman–Crippen LogP) is 3.10. The van der Waals surface area contributed by atoms with Gasteiger partial charge in [-0.3, -0.25) is 15.0 Å². The summed E-state index contributed by atoms with van der Waals surface area (Å²) in [5, 5.41) is 10.3. The van der Waals surface area contributed by atoms with Crippen molar-refractivity contribution >= 4 is 16.4 Å². The highest BCUT2D eigenvalue weighted by atomic mass is 32.2. The first-order valence-corrected chi connectivity index (χ1v) is 12.4. The van der Waals surface area contributed by atoms with Crippen LogP contribution < -0.4 is 0 Å². The van der Waals surface area contributed by atoms with E-state index in [1.54, 1.807) is 18.3 Å². The van der Waals surface area contributed by atoms with E-state index < -0.39 is 21.8 Å². The average molecular weight is 462 g/mol. The van der Waals surface area contributed by atoms with E-state index in [4.69, 9.17) is 4.74 Å². The number of hydroxylamine groups is 2. The van der Waals surface area contributed by atoms with Gasteiger partial charge < -0.3 is 4.74 Å². The summed E-state index contributed by atoms with van der Waals surface area (Å²) in [4.78, 5) is 15.1. The van der Waals surface area contributed by atoms with E-state index >= 15 is 0 Å². The quantitative estimate of drug-likeness (QED) is 0.332. The van der Waals surface area contributed by atoms with Gasteiger partial charge in [-0.2, -0.15) is 0 Å². The van der Waals surface area contributed by atoms with Gasteiger partial charge in [0.05, 0.1) is 18.5 Å². The van der Waals surface area contributed by atoms with Crippen LogP contribution in [0.5, 0.6) is 0 Å².